The molecule has 0 radical (unpaired) electrons. The zero-order chi connectivity index (χ0) is 30.0. The SMILES string of the molecule is Cc1nc2c(s1)C[C@H](n1c([C@@H]3CCCC(=O)N3c3ccc(C(F)(F)F)nc3)nc3cc(-c4c(C)noc4C)ccc31)CC2. The number of imidazole rings is 1. The lowest BCUT2D eigenvalue weighted by Crippen LogP contribution is -2.40. The van der Waals surface area contributed by atoms with Crippen molar-refractivity contribution in [1.29, 1.82) is 0 Å². The van der Waals surface area contributed by atoms with Crippen LogP contribution in [-0.2, 0) is 23.8 Å². The van der Waals surface area contributed by atoms with Crippen molar-refractivity contribution >= 4 is 34.0 Å². The molecular formula is C31H29F3N6O2S. The number of hydrogen-bond donors (Lipinski definition) is 0. The van der Waals surface area contributed by atoms with Gasteiger partial charge >= 0.3 is 6.18 Å². The van der Waals surface area contributed by atoms with Crippen molar-refractivity contribution in [1.82, 2.24) is 24.7 Å². The molecule has 4 aromatic heterocycles. The van der Waals surface area contributed by atoms with E-state index in [1.54, 1.807) is 16.2 Å². The molecule has 43 heavy (non-hydrogen) atoms. The fourth-order valence-electron chi connectivity index (χ4n) is 6.63. The third-order valence-corrected chi connectivity index (χ3v) is 9.52. The van der Waals surface area contributed by atoms with Gasteiger partial charge in [0.25, 0.3) is 0 Å². The smallest absolute Gasteiger partial charge is 0.361 e. The Morgan fingerprint density at radius 1 is 1.05 bits per heavy atom. The maximum atomic E-state index is 13.4. The Balaban J connectivity index is 1.37. The monoisotopic (exact) mass is 606 g/mol. The van der Waals surface area contributed by atoms with Gasteiger partial charge in [0.15, 0.2) is 0 Å². The summed E-state index contributed by atoms with van der Waals surface area (Å²) < 4.78 is 47.5. The molecule has 0 saturated carbocycles. The minimum Gasteiger partial charge on any atom is -0.361 e. The zero-order valence-corrected chi connectivity index (χ0v) is 24.7. The van der Waals surface area contributed by atoms with Gasteiger partial charge < -0.3 is 14.0 Å². The topological polar surface area (TPSA) is 89.9 Å². The molecule has 5 heterocycles. The van der Waals surface area contributed by atoms with E-state index in [0.29, 0.717) is 24.9 Å². The van der Waals surface area contributed by atoms with Crippen LogP contribution in [0.25, 0.3) is 22.2 Å². The van der Waals surface area contributed by atoms with E-state index in [1.165, 1.54) is 10.9 Å². The Bertz CT molecular complexity index is 1840. The van der Waals surface area contributed by atoms with Crippen LogP contribution in [0.2, 0.25) is 0 Å². The number of thiazole rings is 1. The van der Waals surface area contributed by atoms with Gasteiger partial charge in [-0.2, -0.15) is 13.2 Å². The van der Waals surface area contributed by atoms with Gasteiger partial charge in [-0.3, -0.25) is 4.79 Å². The molecule has 1 aliphatic carbocycles. The Hall–Kier alpha value is -4.06. The molecule has 5 aromatic rings. The van der Waals surface area contributed by atoms with Crippen LogP contribution in [0, 0.1) is 20.8 Å². The number of pyridine rings is 1. The number of fused-ring (bicyclic) bond motifs is 2. The number of halogens is 3. The van der Waals surface area contributed by atoms with Crippen molar-refractivity contribution < 1.29 is 22.5 Å². The fraction of sp³-hybridized carbons (Fsp3) is 0.387. The van der Waals surface area contributed by atoms with E-state index in [9.17, 15) is 18.0 Å². The molecule has 1 amide bonds. The third-order valence-electron chi connectivity index (χ3n) is 8.49. The Morgan fingerprint density at radius 2 is 1.88 bits per heavy atom. The first-order valence-corrected chi connectivity index (χ1v) is 15.2. The molecule has 0 bridgehead atoms. The number of nitrogens with zero attached hydrogens (tertiary/aromatic N) is 6. The molecule has 7 rings (SSSR count). The zero-order valence-electron chi connectivity index (χ0n) is 23.9. The largest absolute Gasteiger partial charge is 0.433 e. The Morgan fingerprint density at radius 3 is 2.60 bits per heavy atom. The van der Waals surface area contributed by atoms with Crippen LogP contribution in [0.1, 0.15) is 76.3 Å². The number of hydrogen-bond acceptors (Lipinski definition) is 7. The third kappa shape index (κ3) is 4.81. The summed E-state index contributed by atoms with van der Waals surface area (Å²) in [6, 6.07) is 8.03. The van der Waals surface area contributed by atoms with E-state index in [0.717, 1.165) is 81.7 Å². The highest BCUT2D eigenvalue weighted by molar-refractivity contribution is 7.11. The van der Waals surface area contributed by atoms with Crippen molar-refractivity contribution in [3.05, 3.63) is 75.1 Å². The molecule has 1 aliphatic heterocycles. The van der Waals surface area contributed by atoms with Crippen LogP contribution < -0.4 is 4.90 Å². The molecule has 1 aromatic carbocycles. The normalized spacial score (nSPS) is 19.3. The first-order valence-electron chi connectivity index (χ1n) is 14.3. The van der Waals surface area contributed by atoms with Gasteiger partial charge in [0, 0.05) is 29.3 Å². The highest BCUT2D eigenvalue weighted by atomic mass is 32.1. The lowest BCUT2D eigenvalue weighted by Gasteiger charge is -2.36. The summed E-state index contributed by atoms with van der Waals surface area (Å²) in [6.07, 6.45) is 0.683. The average Bonchev–Trinajstić information content (AvgIpc) is 3.64. The lowest BCUT2D eigenvalue weighted by atomic mass is 9.95. The van der Waals surface area contributed by atoms with Gasteiger partial charge in [-0.1, -0.05) is 11.2 Å². The molecule has 2 aliphatic rings. The van der Waals surface area contributed by atoms with Crippen LogP contribution >= 0.6 is 11.3 Å². The number of carbonyl (C=O) groups is 1. The van der Waals surface area contributed by atoms with Gasteiger partial charge in [-0.15, -0.1) is 11.3 Å². The number of anilines is 1. The highest BCUT2D eigenvalue weighted by Crippen LogP contribution is 2.42. The van der Waals surface area contributed by atoms with Gasteiger partial charge in [0.2, 0.25) is 5.91 Å². The molecule has 1 fully saturated rings. The molecule has 2 atom stereocenters. The van der Waals surface area contributed by atoms with E-state index in [-0.39, 0.29) is 11.9 Å². The molecule has 222 valence electrons. The molecule has 0 unspecified atom stereocenters. The maximum absolute atomic E-state index is 13.4. The highest BCUT2D eigenvalue weighted by Gasteiger charge is 2.38. The number of alkyl halides is 3. The number of benzene rings is 1. The summed E-state index contributed by atoms with van der Waals surface area (Å²) >= 11 is 1.72. The van der Waals surface area contributed by atoms with E-state index < -0.39 is 17.9 Å². The van der Waals surface area contributed by atoms with E-state index in [4.69, 9.17) is 14.5 Å². The molecule has 8 nitrogen and oxygen atoms in total. The van der Waals surface area contributed by atoms with Gasteiger partial charge in [-0.25, -0.2) is 15.0 Å². The van der Waals surface area contributed by atoms with Crippen LogP contribution in [0.4, 0.5) is 18.9 Å². The van der Waals surface area contributed by atoms with E-state index in [1.807, 2.05) is 32.9 Å². The standard InChI is InChI=1S/C31H29F3N6O2S/c1-16-29(17(2)42-38-16)19-7-11-24-23(13-19)37-30(40(24)20-8-10-22-26(14-20)43-18(3)36-22)25-5-4-6-28(41)39(25)21-9-12-27(35-15-21)31(32,33)34/h7,9,11-13,15,20,25H,4-6,8,10,14H2,1-3H3/t20-,25+/m1/s1. The maximum Gasteiger partial charge on any atom is 0.433 e. The van der Waals surface area contributed by atoms with Gasteiger partial charge in [0.05, 0.1) is 45.4 Å². The minimum absolute atomic E-state index is 0.0851. The molecule has 0 spiro atoms. The number of aryl methyl sites for hydroxylation is 4. The summed E-state index contributed by atoms with van der Waals surface area (Å²) in [4.78, 5) is 29.8. The number of piperidine rings is 1. The summed E-state index contributed by atoms with van der Waals surface area (Å²) in [6.45, 7) is 5.81. The van der Waals surface area contributed by atoms with Crippen LogP contribution in [0.5, 0.6) is 0 Å². The van der Waals surface area contributed by atoms with E-state index >= 15 is 0 Å². The van der Waals surface area contributed by atoms with Crippen molar-refractivity contribution in [3.63, 3.8) is 0 Å². The second kappa shape index (κ2) is 10.3. The van der Waals surface area contributed by atoms with Crippen LogP contribution in [0.3, 0.4) is 0 Å². The summed E-state index contributed by atoms with van der Waals surface area (Å²) in [5.74, 6) is 1.29. The van der Waals surface area contributed by atoms with Crippen molar-refractivity contribution in [2.45, 2.75) is 77.6 Å². The summed E-state index contributed by atoms with van der Waals surface area (Å²) in [5, 5.41) is 5.16. The fourth-order valence-corrected chi connectivity index (χ4v) is 7.68. The number of aromatic nitrogens is 5. The van der Waals surface area contributed by atoms with Gasteiger partial charge in [-0.05, 0) is 76.3 Å². The molecular weight excluding hydrogens is 577 g/mol. The first kappa shape index (κ1) is 27.8. The van der Waals surface area contributed by atoms with Crippen molar-refractivity contribution in [2.75, 3.05) is 4.90 Å². The minimum atomic E-state index is -4.56. The van der Waals surface area contributed by atoms with E-state index in [2.05, 4.69) is 20.8 Å². The van der Waals surface area contributed by atoms with Crippen LogP contribution in [-0.4, -0.2) is 30.6 Å². The second-order valence-corrected chi connectivity index (χ2v) is 12.6. The lowest BCUT2D eigenvalue weighted by molar-refractivity contribution is -0.141. The predicted octanol–water partition coefficient (Wildman–Crippen LogP) is 7.48. The van der Waals surface area contributed by atoms with Crippen molar-refractivity contribution in [3.8, 4) is 11.1 Å². The second-order valence-electron chi connectivity index (χ2n) is 11.3. The number of rotatable bonds is 4. The summed E-state index contributed by atoms with van der Waals surface area (Å²) in [5.41, 5.74) is 4.87. The Kier molecular flexibility index (Phi) is 6.64. The van der Waals surface area contributed by atoms with Crippen molar-refractivity contribution in [2.24, 2.45) is 0 Å². The molecule has 12 heteroatoms. The number of amides is 1. The first-order chi connectivity index (χ1) is 20.6. The predicted molar refractivity (Wildman–Crippen MR) is 156 cm³/mol. The quantitative estimate of drug-likeness (QED) is 0.211. The average molecular weight is 607 g/mol. The Labute approximate surface area is 249 Å². The number of carbonyl (C=O) groups excluding carboxylic acids is 1. The molecule has 0 N–H and O–H groups in total. The van der Waals surface area contributed by atoms with Crippen LogP contribution in [0.15, 0.2) is 41.1 Å². The van der Waals surface area contributed by atoms with Gasteiger partial charge in [0.1, 0.15) is 17.3 Å². The molecule has 1 saturated heterocycles. The summed E-state index contributed by atoms with van der Waals surface area (Å²) in [7, 11) is 0.